The molecule has 7 nitrogen and oxygen atoms in total. The first-order valence-corrected chi connectivity index (χ1v) is 12.3. The van der Waals surface area contributed by atoms with E-state index in [1.165, 1.54) is 6.42 Å². The summed E-state index contributed by atoms with van der Waals surface area (Å²) in [5.74, 6) is 1.92. The number of benzene rings is 2. The summed E-state index contributed by atoms with van der Waals surface area (Å²) in [7, 11) is 1.63. The second kappa shape index (κ2) is 11.4. The lowest BCUT2D eigenvalue weighted by Gasteiger charge is -2.41. The molecule has 2 aromatic rings. The summed E-state index contributed by atoms with van der Waals surface area (Å²) in [4.78, 5) is 25.0. The maximum atomic E-state index is 12.8. The number of methoxy groups -OCH3 is 1. The average Bonchev–Trinajstić information content (AvgIpc) is 2.87. The van der Waals surface area contributed by atoms with Gasteiger partial charge in [-0.1, -0.05) is 31.0 Å². The number of carbonyl (C=O) groups is 2. The molecule has 182 valence electrons. The van der Waals surface area contributed by atoms with E-state index in [-0.39, 0.29) is 23.8 Å². The van der Waals surface area contributed by atoms with Crippen LogP contribution >= 0.6 is 0 Å². The lowest BCUT2D eigenvalue weighted by atomic mass is 9.72. The molecule has 34 heavy (non-hydrogen) atoms. The van der Waals surface area contributed by atoms with E-state index in [4.69, 9.17) is 9.47 Å². The zero-order valence-corrected chi connectivity index (χ0v) is 20.1. The highest BCUT2D eigenvalue weighted by Crippen LogP contribution is 2.35. The Morgan fingerprint density at radius 3 is 2.76 bits per heavy atom. The van der Waals surface area contributed by atoms with E-state index >= 15 is 0 Å². The Hall–Kier alpha value is -3.06. The van der Waals surface area contributed by atoms with Crippen LogP contribution in [-0.2, 0) is 17.6 Å². The van der Waals surface area contributed by atoms with E-state index in [2.05, 4.69) is 22.2 Å². The number of nitrogens with one attached hydrogen (secondary N) is 3. The average molecular weight is 466 g/mol. The van der Waals surface area contributed by atoms with Crippen molar-refractivity contribution in [3.63, 3.8) is 0 Å². The van der Waals surface area contributed by atoms with Crippen LogP contribution in [-0.4, -0.2) is 38.1 Å². The van der Waals surface area contributed by atoms with E-state index in [1.807, 2.05) is 43.3 Å². The third kappa shape index (κ3) is 5.70. The predicted octanol–water partition coefficient (Wildman–Crippen LogP) is 3.42. The van der Waals surface area contributed by atoms with Gasteiger partial charge in [-0.05, 0) is 73.9 Å². The van der Waals surface area contributed by atoms with Crippen molar-refractivity contribution >= 4 is 11.8 Å². The van der Waals surface area contributed by atoms with Gasteiger partial charge in [-0.15, -0.1) is 0 Å². The summed E-state index contributed by atoms with van der Waals surface area (Å²) in [6, 6.07) is 13.8. The summed E-state index contributed by atoms with van der Waals surface area (Å²) in [6.45, 7) is 3.05. The summed E-state index contributed by atoms with van der Waals surface area (Å²) in [5, 5.41) is 3.02. The number of hydrogen-bond donors (Lipinski definition) is 3. The zero-order valence-electron chi connectivity index (χ0n) is 20.1. The number of amides is 2. The van der Waals surface area contributed by atoms with Crippen molar-refractivity contribution in [2.24, 2.45) is 11.8 Å². The van der Waals surface area contributed by atoms with E-state index in [9.17, 15) is 9.59 Å². The SMILES string of the molecule is CCOc1ccc(CCNC(=O)c2cccc(CC3NNC(=O)C4CCCCC34)c2)cc1OC. The molecule has 2 aliphatic rings. The van der Waals surface area contributed by atoms with Crippen molar-refractivity contribution in [2.75, 3.05) is 20.3 Å². The van der Waals surface area contributed by atoms with Crippen molar-refractivity contribution in [1.29, 1.82) is 0 Å². The highest BCUT2D eigenvalue weighted by atomic mass is 16.5. The minimum Gasteiger partial charge on any atom is -0.493 e. The first kappa shape index (κ1) is 24.1. The van der Waals surface area contributed by atoms with Gasteiger partial charge in [0.15, 0.2) is 11.5 Å². The number of fused-ring (bicyclic) bond motifs is 1. The highest BCUT2D eigenvalue weighted by molar-refractivity contribution is 5.94. The molecule has 1 aliphatic carbocycles. The Kier molecular flexibility index (Phi) is 8.06. The van der Waals surface area contributed by atoms with E-state index < -0.39 is 0 Å². The van der Waals surface area contributed by atoms with Gasteiger partial charge in [-0.3, -0.25) is 15.0 Å². The Balaban J connectivity index is 1.33. The van der Waals surface area contributed by atoms with E-state index in [0.717, 1.165) is 42.6 Å². The van der Waals surface area contributed by atoms with Crippen molar-refractivity contribution in [3.8, 4) is 11.5 Å². The van der Waals surface area contributed by atoms with Crippen molar-refractivity contribution in [1.82, 2.24) is 16.2 Å². The fourth-order valence-corrected chi connectivity index (χ4v) is 5.19. The van der Waals surface area contributed by atoms with Crippen LogP contribution in [0.2, 0.25) is 0 Å². The zero-order chi connectivity index (χ0) is 23.9. The second-order valence-electron chi connectivity index (χ2n) is 9.12. The van der Waals surface area contributed by atoms with Crippen molar-refractivity contribution in [2.45, 2.75) is 51.5 Å². The van der Waals surface area contributed by atoms with Gasteiger partial charge in [0.25, 0.3) is 5.91 Å². The van der Waals surface area contributed by atoms with Crippen LogP contribution in [0.1, 0.15) is 54.1 Å². The number of carbonyl (C=O) groups excluding carboxylic acids is 2. The smallest absolute Gasteiger partial charge is 0.251 e. The van der Waals surface area contributed by atoms with Gasteiger partial charge in [0.1, 0.15) is 0 Å². The number of hydrazine groups is 1. The molecule has 0 aromatic heterocycles. The van der Waals surface area contributed by atoms with Gasteiger partial charge in [-0.2, -0.15) is 0 Å². The van der Waals surface area contributed by atoms with Crippen LogP contribution in [0, 0.1) is 11.8 Å². The van der Waals surface area contributed by atoms with Crippen LogP contribution in [0.5, 0.6) is 11.5 Å². The topological polar surface area (TPSA) is 88.7 Å². The van der Waals surface area contributed by atoms with Gasteiger partial charge in [0.05, 0.1) is 13.7 Å². The molecular weight excluding hydrogens is 430 g/mol. The lowest BCUT2D eigenvalue weighted by Crippen LogP contribution is -2.60. The van der Waals surface area contributed by atoms with Crippen LogP contribution in [0.4, 0.5) is 0 Å². The third-order valence-electron chi connectivity index (χ3n) is 6.93. The van der Waals surface area contributed by atoms with Gasteiger partial charge >= 0.3 is 0 Å². The Bertz CT molecular complexity index is 1010. The lowest BCUT2D eigenvalue weighted by molar-refractivity contribution is -0.133. The number of hydrogen-bond acceptors (Lipinski definition) is 5. The minimum atomic E-state index is -0.0831. The third-order valence-corrected chi connectivity index (χ3v) is 6.93. The van der Waals surface area contributed by atoms with Crippen LogP contribution in [0.15, 0.2) is 42.5 Å². The van der Waals surface area contributed by atoms with E-state index in [0.29, 0.717) is 36.8 Å². The van der Waals surface area contributed by atoms with Gasteiger partial charge in [-0.25, -0.2) is 5.43 Å². The molecule has 7 heteroatoms. The molecule has 3 atom stereocenters. The highest BCUT2D eigenvalue weighted by Gasteiger charge is 2.39. The normalized spacial score (nSPS) is 21.8. The molecular formula is C27H35N3O4. The maximum absolute atomic E-state index is 12.8. The van der Waals surface area contributed by atoms with Gasteiger partial charge < -0.3 is 14.8 Å². The standard InChI is InChI=1S/C27H35N3O4/c1-3-34-24-12-11-18(17-25(24)33-2)13-14-28-26(31)20-8-6-7-19(15-20)16-23-21-9-4-5-10-22(21)27(32)30-29-23/h6-8,11-12,15,17,21-23,29H,3-5,9-10,13-14,16H2,1-2H3,(H,28,31)(H,30,32). The summed E-state index contributed by atoms with van der Waals surface area (Å²) >= 11 is 0. The number of ether oxygens (including phenoxy) is 2. The number of rotatable bonds is 9. The minimum absolute atomic E-state index is 0.0831. The first-order valence-electron chi connectivity index (χ1n) is 12.3. The van der Waals surface area contributed by atoms with Gasteiger partial charge in [0.2, 0.25) is 5.91 Å². The Morgan fingerprint density at radius 2 is 1.94 bits per heavy atom. The molecule has 1 aliphatic heterocycles. The Labute approximate surface area is 201 Å². The largest absolute Gasteiger partial charge is 0.493 e. The fraction of sp³-hybridized carbons (Fsp3) is 0.481. The molecule has 0 radical (unpaired) electrons. The first-order chi connectivity index (χ1) is 16.6. The Morgan fingerprint density at radius 1 is 1.09 bits per heavy atom. The molecule has 1 heterocycles. The molecule has 3 N–H and O–H groups in total. The summed E-state index contributed by atoms with van der Waals surface area (Å²) in [6.07, 6.45) is 5.83. The quantitative estimate of drug-likeness (QED) is 0.528. The molecule has 0 spiro atoms. The molecule has 4 rings (SSSR count). The van der Waals surface area contributed by atoms with Crippen LogP contribution in [0.3, 0.4) is 0 Å². The van der Waals surface area contributed by atoms with Crippen molar-refractivity contribution in [3.05, 3.63) is 59.2 Å². The van der Waals surface area contributed by atoms with Gasteiger partial charge in [0, 0.05) is 24.1 Å². The molecule has 2 amide bonds. The molecule has 2 fully saturated rings. The molecule has 3 unspecified atom stereocenters. The monoisotopic (exact) mass is 465 g/mol. The molecule has 2 aromatic carbocycles. The molecule has 0 bridgehead atoms. The van der Waals surface area contributed by atoms with Crippen molar-refractivity contribution < 1.29 is 19.1 Å². The predicted molar refractivity (Wildman–Crippen MR) is 131 cm³/mol. The summed E-state index contributed by atoms with van der Waals surface area (Å²) in [5.41, 5.74) is 8.91. The summed E-state index contributed by atoms with van der Waals surface area (Å²) < 4.78 is 11.0. The second-order valence-corrected chi connectivity index (χ2v) is 9.12. The fourth-order valence-electron chi connectivity index (χ4n) is 5.19. The van der Waals surface area contributed by atoms with Crippen LogP contribution in [0.25, 0.3) is 0 Å². The molecule has 1 saturated heterocycles. The maximum Gasteiger partial charge on any atom is 0.251 e. The van der Waals surface area contributed by atoms with E-state index in [1.54, 1.807) is 7.11 Å². The molecule has 1 saturated carbocycles. The van der Waals surface area contributed by atoms with Crippen LogP contribution < -0.4 is 25.6 Å².